The van der Waals surface area contributed by atoms with Crippen LogP contribution in [0.15, 0.2) is 42.5 Å². The number of nitrogens with zero attached hydrogens (tertiary/aromatic N) is 1. The first-order valence-corrected chi connectivity index (χ1v) is 9.02. The van der Waals surface area contributed by atoms with E-state index in [0.717, 1.165) is 21.5 Å². The molecule has 7 heteroatoms. The molecule has 2 aromatic carbocycles. The number of nitrogens with one attached hydrogen (secondary N) is 2. The van der Waals surface area contributed by atoms with Gasteiger partial charge in [0.1, 0.15) is 5.75 Å². The number of fused-ring (bicyclic) bond motifs is 1. The van der Waals surface area contributed by atoms with Crippen molar-refractivity contribution >= 4 is 44.2 Å². The van der Waals surface area contributed by atoms with Crippen molar-refractivity contribution in [2.75, 3.05) is 17.7 Å². The van der Waals surface area contributed by atoms with Crippen molar-refractivity contribution < 1.29 is 14.3 Å². The third-order valence-electron chi connectivity index (χ3n) is 3.76. The Balaban J connectivity index is 1.67. The minimum absolute atomic E-state index is 0.0722. The van der Waals surface area contributed by atoms with Crippen molar-refractivity contribution in [1.82, 2.24) is 4.98 Å². The molecule has 0 aliphatic rings. The smallest absolute Gasteiger partial charge is 0.228 e. The maximum Gasteiger partial charge on any atom is 0.228 e. The van der Waals surface area contributed by atoms with Gasteiger partial charge in [-0.05, 0) is 35.9 Å². The molecule has 0 fully saturated rings. The number of anilines is 2. The zero-order valence-corrected chi connectivity index (χ0v) is 15.4. The molecule has 0 saturated carbocycles. The van der Waals surface area contributed by atoms with Crippen molar-refractivity contribution in [3.8, 4) is 5.75 Å². The Kier molecular flexibility index (Phi) is 5.48. The summed E-state index contributed by atoms with van der Waals surface area (Å²) in [6.07, 6.45) is 0.680. The van der Waals surface area contributed by atoms with Crippen LogP contribution in [0.25, 0.3) is 10.2 Å². The van der Waals surface area contributed by atoms with Crippen LogP contribution in [0, 0.1) is 0 Å². The first-order chi connectivity index (χ1) is 12.6. The molecule has 2 amide bonds. The van der Waals surface area contributed by atoms with Crippen molar-refractivity contribution in [1.29, 1.82) is 0 Å². The Morgan fingerprint density at radius 1 is 1.08 bits per heavy atom. The summed E-state index contributed by atoms with van der Waals surface area (Å²) in [5, 5.41) is 6.20. The van der Waals surface area contributed by atoms with E-state index in [1.807, 2.05) is 36.4 Å². The molecule has 1 aromatic heterocycles. The highest BCUT2D eigenvalue weighted by Crippen LogP contribution is 2.28. The number of amides is 2. The van der Waals surface area contributed by atoms with E-state index in [0.29, 0.717) is 17.2 Å². The molecule has 0 aliphatic heterocycles. The minimum Gasteiger partial charge on any atom is -0.497 e. The van der Waals surface area contributed by atoms with E-state index in [9.17, 15) is 9.59 Å². The molecule has 0 bridgehead atoms. The number of carbonyl (C=O) groups excluding carboxylic acids is 2. The van der Waals surface area contributed by atoms with Crippen LogP contribution in [-0.4, -0.2) is 23.9 Å². The van der Waals surface area contributed by atoms with Gasteiger partial charge in [-0.3, -0.25) is 9.59 Å². The Morgan fingerprint density at radius 3 is 2.54 bits per heavy atom. The lowest BCUT2D eigenvalue weighted by atomic mass is 10.1. The van der Waals surface area contributed by atoms with Crippen LogP contribution in [0.2, 0.25) is 0 Å². The number of rotatable bonds is 6. The Bertz CT molecular complexity index is 935. The summed E-state index contributed by atoms with van der Waals surface area (Å²) in [6.45, 7) is 1.79. The van der Waals surface area contributed by atoms with Gasteiger partial charge in [-0.1, -0.05) is 30.4 Å². The van der Waals surface area contributed by atoms with Gasteiger partial charge in [-0.25, -0.2) is 4.98 Å². The molecule has 0 unspecified atom stereocenters. The molecule has 0 spiro atoms. The molecule has 0 saturated heterocycles. The molecule has 0 aliphatic carbocycles. The van der Waals surface area contributed by atoms with Crippen LogP contribution in [0.4, 0.5) is 10.8 Å². The fourth-order valence-corrected chi connectivity index (χ4v) is 3.26. The standard InChI is InChI=1S/C19H19N3O3S/c1-3-17(23)22-19-21-15-11-13(6-9-16(15)26-19)20-18(24)10-12-4-7-14(25-2)8-5-12/h4-9,11H,3,10H2,1-2H3,(H,20,24)(H,21,22,23). The summed E-state index contributed by atoms with van der Waals surface area (Å²) in [5.74, 6) is 0.579. The summed E-state index contributed by atoms with van der Waals surface area (Å²) in [4.78, 5) is 28.1. The molecule has 3 aromatic rings. The Labute approximate surface area is 155 Å². The van der Waals surface area contributed by atoms with Gasteiger partial charge in [0.05, 0.1) is 23.7 Å². The van der Waals surface area contributed by atoms with E-state index in [1.165, 1.54) is 11.3 Å². The highest BCUT2D eigenvalue weighted by molar-refractivity contribution is 7.22. The largest absolute Gasteiger partial charge is 0.497 e. The van der Waals surface area contributed by atoms with Gasteiger partial charge in [0.25, 0.3) is 0 Å². The van der Waals surface area contributed by atoms with Gasteiger partial charge in [-0.15, -0.1) is 0 Å². The van der Waals surface area contributed by atoms with Crippen molar-refractivity contribution in [2.24, 2.45) is 0 Å². The van der Waals surface area contributed by atoms with Crippen LogP contribution >= 0.6 is 11.3 Å². The van der Waals surface area contributed by atoms with Crippen molar-refractivity contribution in [2.45, 2.75) is 19.8 Å². The van der Waals surface area contributed by atoms with E-state index in [-0.39, 0.29) is 18.2 Å². The second kappa shape index (κ2) is 7.97. The van der Waals surface area contributed by atoms with Crippen molar-refractivity contribution in [3.63, 3.8) is 0 Å². The summed E-state index contributed by atoms with van der Waals surface area (Å²) in [6, 6.07) is 12.9. The van der Waals surface area contributed by atoms with E-state index < -0.39 is 0 Å². The van der Waals surface area contributed by atoms with Gasteiger partial charge in [-0.2, -0.15) is 0 Å². The summed E-state index contributed by atoms with van der Waals surface area (Å²) < 4.78 is 6.06. The second-order valence-electron chi connectivity index (χ2n) is 5.68. The summed E-state index contributed by atoms with van der Waals surface area (Å²) in [7, 11) is 1.61. The molecule has 26 heavy (non-hydrogen) atoms. The molecule has 6 nitrogen and oxygen atoms in total. The zero-order valence-electron chi connectivity index (χ0n) is 14.5. The van der Waals surface area contributed by atoms with Crippen LogP contribution in [0.5, 0.6) is 5.75 Å². The predicted octanol–water partition coefficient (Wildman–Crippen LogP) is 3.83. The highest BCUT2D eigenvalue weighted by Gasteiger charge is 2.09. The number of carbonyl (C=O) groups is 2. The van der Waals surface area contributed by atoms with Crippen LogP contribution in [0.1, 0.15) is 18.9 Å². The number of thiazole rings is 1. The van der Waals surface area contributed by atoms with Gasteiger partial charge >= 0.3 is 0 Å². The van der Waals surface area contributed by atoms with E-state index >= 15 is 0 Å². The van der Waals surface area contributed by atoms with E-state index in [4.69, 9.17) is 4.74 Å². The maximum atomic E-state index is 12.2. The average molecular weight is 369 g/mol. The van der Waals surface area contributed by atoms with E-state index in [2.05, 4.69) is 15.6 Å². The fraction of sp³-hybridized carbons (Fsp3) is 0.211. The maximum absolute atomic E-state index is 12.2. The van der Waals surface area contributed by atoms with Gasteiger partial charge in [0.15, 0.2) is 5.13 Å². The molecule has 3 rings (SSSR count). The second-order valence-corrected chi connectivity index (χ2v) is 6.71. The molecule has 0 atom stereocenters. The van der Waals surface area contributed by atoms with E-state index in [1.54, 1.807) is 20.1 Å². The van der Waals surface area contributed by atoms with Gasteiger partial charge in [0, 0.05) is 12.1 Å². The van der Waals surface area contributed by atoms with Crippen molar-refractivity contribution in [3.05, 3.63) is 48.0 Å². The Hall–Kier alpha value is -2.93. The number of methoxy groups -OCH3 is 1. The Morgan fingerprint density at radius 2 is 1.85 bits per heavy atom. The normalized spacial score (nSPS) is 10.5. The molecule has 0 radical (unpaired) electrons. The molecule has 134 valence electrons. The third-order valence-corrected chi connectivity index (χ3v) is 4.71. The molecule has 1 heterocycles. The monoisotopic (exact) mass is 369 g/mol. The number of benzene rings is 2. The van der Waals surface area contributed by atoms with Crippen LogP contribution < -0.4 is 15.4 Å². The number of hydrogen-bond acceptors (Lipinski definition) is 5. The number of aromatic nitrogens is 1. The first kappa shape index (κ1) is 17.9. The lowest BCUT2D eigenvalue weighted by Crippen LogP contribution is -2.14. The quantitative estimate of drug-likeness (QED) is 0.692. The summed E-state index contributed by atoms with van der Waals surface area (Å²) in [5.41, 5.74) is 2.32. The highest BCUT2D eigenvalue weighted by atomic mass is 32.1. The van der Waals surface area contributed by atoms with Crippen LogP contribution in [0.3, 0.4) is 0 Å². The zero-order chi connectivity index (χ0) is 18.5. The van der Waals surface area contributed by atoms with Gasteiger partial charge in [0.2, 0.25) is 11.8 Å². The lowest BCUT2D eigenvalue weighted by Gasteiger charge is -2.06. The minimum atomic E-state index is -0.107. The number of hydrogen-bond donors (Lipinski definition) is 2. The fourth-order valence-electron chi connectivity index (χ4n) is 2.40. The lowest BCUT2D eigenvalue weighted by molar-refractivity contribution is -0.116. The molecular weight excluding hydrogens is 350 g/mol. The first-order valence-electron chi connectivity index (χ1n) is 8.20. The molecule has 2 N–H and O–H groups in total. The SMILES string of the molecule is CCC(=O)Nc1nc2cc(NC(=O)Cc3ccc(OC)cc3)ccc2s1. The predicted molar refractivity (Wildman–Crippen MR) is 104 cm³/mol. The van der Waals surface area contributed by atoms with Crippen LogP contribution in [-0.2, 0) is 16.0 Å². The average Bonchev–Trinajstić information content (AvgIpc) is 3.03. The summed E-state index contributed by atoms with van der Waals surface area (Å²) >= 11 is 1.41. The number of ether oxygens (including phenoxy) is 1. The third kappa shape index (κ3) is 4.37. The topological polar surface area (TPSA) is 80.3 Å². The molecular formula is C19H19N3O3S. The van der Waals surface area contributed by atoms with Gasteiger partial charge < -0.3 is 15.4 Å².